The van der Waals surface area contributed by atoms with Crippen molar-refractivity contribution in [3.05, 3.63) is 68.7 Å². The molecule has 3 rings (SSSR count). The van der Waals surface area contributed by atoms with E-state index in [0.717, 1.165) is 30.2 Å². The Bertz CT molecular complexity index is 743. The fourth-order valence-corrected chi connectivity index (χ4v) is 3.49. The summed E-state index contributed by atoms with van der Waals surface area (Å²) < 4.78 is 0. The third-order valence-corrected chi connectivity index (χ3v) is 5.09. The van der Waals surface area contributed by atoms with Gasteiger partial charge in [0, 0.05) is 42.8 Å². The molecule has 0 aliphatic carbocycles. The van der Waals surface area contributed by atoms with Gasteiger partial charge in [0.15, 0.2) is 0 Å². The molecule has 2 aromatic rings. The summed E-state index contributed by atoms with van der Waals surface area (Å²) >= 11 is 18.2. The summed E-state index contributed by atoms with van der Waals surface area (Å²) in [5.41, 5.74) is 1.61. The van der Waals surface area contributed by atoms with Crippen molar-refractivity contribution in [3.63, 3.8) is 0 Å². The van der Waals surface area contributed by atoms with Crippen LogP contribution in [-0.4, -0.2) is 41.9 Å². The molecule has 1 heterocycles. The van der Waals surface area contributed by atoms with Crippen LogP contribution in [0.25, 0.3) is 0 Å². The second-order valence-electron chi connectivity index (χ2n) is 5.78. The number of carbonyl (C=O) groups excluding carboxylic acids is 1. The van der Waals surface area contributed by atoms with Crippen LogP contribution in [0.3, 0.4) is 0 Å². The third kappa shape index (κ3) is 4.04. The van der Waals surface area contributed by atoms with Crippen molar-refractivity contribution in [3.8, 4) is 0 Å². The zero-order chi connectivity index (χ0) is 17.1. The highest BCUT2D eigenvalue weighted by molar-refractivity contribution is 6.36. The predicted octanol–water partition coefficient (Wildman–Crippen LogP) is 4.60. The molecular weight excluding hydrogens is 367 g/mol. The maximum Gasteiger partial charge on any atom is 0.255 e. The molecular formula is C18H17Cl3N2O. The molecule has 3 nitrogen and oxygen atoms in total. The molecule has 0 aromatic heterocycles. The van der Waals surface area contributed by atoms with Crippen molar-refractivity contribution in [2.75, 3.05) is 26.2 Å². The van der Waals surface area contributed by atoms with Crippen LogP contribution in [0.5, 0.6) is 0 Å². The zero-order valence-electron chi connectivity index (χ0n) is 13.0. The van der Waals surface area contributed by atoms with Crippen molar-refractivity contribution in [1.82, 2.24) is 9.80 Å². The minimum absolute atomic E-state index is 0.0472. The number of rotatable bonds is 3. The average Bonchev–Trinajstić information content (AvgIpc) is 2.57. The normalized spacial score (nSPS) is 15.5. The van der Waals surface area contributed by atoms with E-state index < -0.39 is 0 Å². The first-order valence-electron chi connectivity index (χ1n) is 7.74. The van der Waals surface area contributed by atoms with Gasteiger partial charge in [-0.3, -0.25) is 9.69 Å². The van der Waals surface area contributed by atoms with Gasteiger partial charge in [-0.25, -0.2) is 0 Å². The number of halogens is 3. The summed E-state index contributed by atoms with van der Waals surface area (Å²) in [5, 5.41) is 1.70. The lowest BCUT2D eigenvalue weighted by molar-refractivity contribution is 0.0628. The van der Waals surface area contributed by atoms with Gasteiger partial charge in [0.05, 0.1) is 10.6 Å². The van der Waals surface area contributed by atoms with E-state index in [1.807, 2.05) is 29.2 Å². The van der Waals surface area contributed by atoms with Gasteiger partial charge in [-0.05, 0) is 29.8 Å². The Morgan fingerprint density at radius 3 is 2.29 bits per heavy atom. The van der Waals surface area contributed by atoms with Crippen LogP contribution in [0.2, 0.25) is 15.1 Å². The second-order valence-corrected chi connectivity index (χ2v) is 7.03. The number of hydrogen-bond acceptors (Lipinski definition) is 2. The molecule has 1 aliphatic rings. The fourth-order valence-electron chi connectivity index (χ4n) is 2.81. The molecule has 0 saturated carbocycles. The van der Waals surface area contributed by atoms with Gasteiger partial charge in [-0.1, -0.05) is 53.0 Å². The zero-order valence-corrected chi connectivity index (χ0v) is 15.3. The van der Waals surface area contributed by atoms with E-state index in [-0.39, 0.29) is 5.91 Å². The van der Waals surface area contributed by atoms with E-state index in [4.69, 9.17) is 34.8 Å². The highest BCUT2D eigenvalue weighted by Crippen LogP contribution is 2.23. The SMILES string of the molecule is O=C(c1ccc(Cl)cc1Cl)N1CCN(Cc2ccccc2Cl)CC1. The lowest BCUT2D eigenvalue weighted by Crippen LogP contribution is -2.48. The van der Waals surface area contributed by atoms with Crippen LogP contribution < -0.4 is 0 Å². The monoisotopic (exact) mass is 382 g/mol. The van der Waals surface area contributed by atoms with Crippen LogP contribution in [0.4, 0.5) is 0 Å². The largest absolute Gasteiger partial charge is 0.336 e. The Morgan fingerprint density at radius 1 is 0.917 bits per heavy atom. The molecule has 0 atom stereocenters. The van der Waals surface area contributed by atoms with Crippen LogP contribution in [0.1, 0.15) is 15.9 Å². The van der Waals surface area contributed by atoms with Crippen molar-refractivity contribution < 1.29 is 4.79 Å². The van der Waals surface area contributed by atoms with E-state index >= 15 is 0 Å². The standard InChI is InChI=1S/C18H17Cl3N2O/c19-14-5-6-15(17(21)11-14)18(24)23-9-7-22(8-10-23)12-13-3-1-2-4-16(13)20/h1-6,11H,7-10,12H2. The molecule has 126 valence electrons. The van der Waals surface area contributed by atoms with E-state index in [9.17, 15) is 4.79 Å². The highest BCUT2D eigenvalue weighted by Gasteiger charge is 2.23. The molecule has 0 unspecified atom stereocenters. The first kappa shape index (κ1) is 17.6. The number of piperazine rings is 1. The molecule has 1 saturated heterocycles. The number of benzene rings is 2. The van der Waals surface area contributed by atoms with Crippen molar-refractivity contribution in [2.45, 2.75) is 6.54 Å². The van der Waals surface area contributed by atoms with Crippen LogP contribution in [0.15, 0.2) is 42.5 Å². The summed E-state index contributed by atoms with van der Waals surface area (Å²) in [6, 6.07) is 12.8. The lowest BCUT2D eigenvalue weighted by atomic mass is 10.1. The number of nitrogens with zero attached hydrogens (tertiary/aromatic N) is 2. The molecule has 1 aliphatic heterocycles. The fraction of sp³-hybridized carbons (Fsp3) is 0.278. The molecule has 1 amide bonds. The van der Waals surface area contributed by atoms with Crippen LogP contribution in [0, 0.1) is 0 Å². The first-order valence-corrected chi connectivity index (χ1v) is 8.88. The molecule has 24 heavy (non-hydrogen) atoms. The molecule has 0 radical (unpaired) electrons. The quantitative estimate of drug-likeness (QED) is 0.773. The van der Waals surface area contributed by atoms with Gasteiger partial charge in [-0.15, -0.1) is 0 Å². The van der Waals surface area contributed by atoms with E-state index in [0.29, 0.717) is 28.7 Å². The molecule has 1 fully saturated rings. The van der Waals surface area contributed by atoms with Gasteiger partial charge in [0.1, 0.15) is 0 Å². The first-order chi connectivity index (χ1) is 11.5. The van der Waals surface area contributed by atoms with E-state index in [1.165, 1.54) is 0 Å². The van der Waals surface area contributed by atoms with Gasteiger partial charge in [0.2, 0.25) is 0 Å². The average molecular weight is 384 g/mol. The van der Waals surface area contributed by atoms with Crippen molar-refractivity contribution in [2.24, 2.45) is 0 Å². The smallest absolute Gasteiger partial charge is 0.255 e. The Morgan fingerprint density at radius 2 is 1.62 bits per heavy atom. The number of amides is 1. The Balaban J connectivity index is 1.60. The van der Waals surface area contributed by atoms with Crippen LogP contribution >= 0.6 is 34.8 Å². The summed E-state index contributed by atoms with van der Waals surface area (Å²) in [6.07, 6.45) is 0. The maximum atomic E-state index is 12.6. The second kappa shape index (κ2) is 7.75. The van der Waals surface area contributed by atoms with Crippen LogP contribution in [-0.2, 0) is 6.54 Å². The molecule has 0 N–H and O–H groups in total. The Hall–Kier alpha value is -1.26. The Labute approximate surface area is 156 Å². The van der Waals surface area contributed by atoms with E-state index in [2.05, 4.69) is 4.90 Å². The minimum Gasteiger partial charge on any atom is -0.336 e. The minimum atomic E-state index is -0.0472. The number of carbonyl (C=O) groups is 1. The van der Waals surface area contributed by atoms with Gasteiger partial charge >= 0.3 is 0 Å². The highest BCUT2D eigenvalue weighted by atomic mass is 35.5. The van der Waals surface area contributed by atoms with Gasteiger partial charge < -0.3 is 4.90 Å². The molecule has 6 heteroatoms. The summed E-state index contributed by atoms with van der Waals surface area (Å²) in [4.78, 5) is 16.7. The summed E-state index contributed by atoms with van der Waals surface area (Å²) in [7, 11) is 0. The van der Waals surface area contributed by atoms with Crippen molar-refractivity contribution >= 4 is 40.7 Å². The number of hydrogen-bond donors (Lipinski definition) is 0. The predicted molar refractivity (Wildman–Crippen MR) is 99.1 cm³/mol. The molecule has 0 spiro atoms. The summed E-state index contributed by atoms with van der Waals surface area (Å²) in [6.45, 7) is 3.75. The summed E-state index contributed by atoms with van der Waals surface area (Å²) in [5.74, 6) is -0.0472. The van der Waals surface area contributed by atoms with E-state index in [1.54, 1.807) is 18.2 Å². The molecule has 2 aromatic carbocycles. The third-order valence-electron chi connectivity index (χ3n) is 4.17. The maximum absolute atomic E-state index is 12.6. The topological polar surface area (TPSA) is 23.6 Å². The van der Waals surface area contributed by atoms with Crippen molar-refractivity contribution in [1.29, 1.82) is 0 Å². The van der Waals surface area contributed by atoms with Gasteiger partial charge in [0.25, 0.3) is 5.91 Å². The Kier molecular flexibility index (Phi) is 5.67. The molecule has 0 bridgehead atoms. The van der Waals surface area contributed by atoms with Gasteiger partial charge in [-0.2, -0.15) is 0 Å². The lowest BCUT2D eigenvalue weighted by Gasteiger charge is -2.35.